The Morgan fingerprint density at radius 3 is 1.23 bits per heavy atom. The minimum absolute atomic E-state index is 0. The standard InChI is InChI=1S/C30H38O5Si.C30H36O5Si.CH4.B.Na.H/c2*1-30(2,3)36(22-13-9-7-10-14-22,23-15-11-8-12-16-23)35-21-17-18-24-25(26(31)19-21)20-27(32-4)29(34-6)28(24)33-5;;;;/h7-16,20-21,26,31H,17-19H2,1-6H3;7-16,20-21H,17-19H2,1-6H3;1H4;;;/q;;;;+1;-1/t21-,26?;21-;;;;/m00..../s1. The molecule has 0 spiro atoms. The molecule has 395 valence electrons. The number of rotatable bonds is 14. The molecule has 2 aliphatic rings. The van der Waals surface area contributed by atoms with E-state index in [-0.39, 0.29) is 74.9 Å². The van der Waals surface area contributed by atoms with Gasteiger partial charge in [-0.05, 0) is 74.2 Å². The topological polar surface area (TPSA) is 111 Å². The van der Waals surface area contributed by atoms with Gasteiger partial charge in [0.2, 0.25) is 11.5 Å². The molecule has 6 aromatic rings. The third-order valence-electron chi connectivity index (χ3n) is 14.4. The summed E-state index contributed by atoms with van der Waals surface area (Å²) in [5, 5.41) is 16.0. The number of carbonyl (C=O) groups is 1. The summed E-state index contributed by atoms with van der Waals surface area (Å²) in [7, 11) is 4.06. The molecule has 0 saturated heterocycles. The number of carbonyl (C=O) groups excluding carboxylic acids is 1. The molecule has 0 fully saturated rings. The summed E-state index contributed by atoms with van der Waals surface area (Å²) >= 11 is 0. The predicted molar refractivity (Wildman–Crippen MR) is 306 cm³/mol. The van der Waals surface area contributed by atoms with E-state index >= 15 is 0 Å². The number of hydrogen-bond donors (Lipinski definition) is 1. The Balaban J connectivity index is 0.000000380. The van der Waals surface area contributed by atoms with Crippen LogP contribution in [0.3, 0.4) is 0 Å². The molecule has 0 aliphatic heterocycles. The van der Waals surface area contributed by atoms with Crippen LogP contribution >= 0.6 is 0 Å². The maximum Gasteiger partial charge on any atom is 1.00 e. The molecular formula is C61H79BNaO10Si2. The minimum Gasteiger partial charge on any atom is -1.00 e. The van der Waals surface area contributed by atoms with E-state index in [4.69, 9.17) is 37.3 Å². The fourth-order valence-corrected chi connectivity index (χ4v) is 20.6. The molecule has 8 rings (SSSR count). The van der Waals surface area contributed by atoms with Crippen LogP contribution in [-0.4, -0.2) is 90.8 Å². The molecule has 10 nitrogen and oxygen atoms in total. The molecule has 6 aromatic carbocycles. The first-order valence-corrected chi connectivity index (χ1v) is 28.8. The fourth-order valence-electron chi connectivity index (χ4n) is 11.1. The normalized spacial score (nSPS) is 16.5. The second-order valence-corrected chi connectivity index (χ2v) is 29.2. The molecule has 75 heavy (non-hydrogen) atoms. The van der Waals surface area contributed by atoms with Gasteiger partial charge in [0.05, 0.1) is 54.9 Å². The molecule has 0 bridgehead atoms. The molecule has 1 unspecified atom stereocenters. The second kappa shape index (κ2) is 27.0. The summed E-state index contributed by atoms with van der Waals surface area (Å²) in [5.74, 6) is 3.33. The Morgan fingerprint density at radius 2 is 0.853 bits per heavy atom. The van der Waals surface area contributed by atoms with E-state index in [0.717, 1.165) is 23.1 Å². The van der Waals surface area contributed by atoms with Gasteiger partial charge in [-0.15, -0.1) is 0 Å². The van der Waals surface area contributed by atoms with Gasteiger partial charge >= 0.3 is 29.6 Å². The monoisotopic (exact) mass is 1060 g/mol. The van der Waals surface area contributed by atoms with E-state index in [1.165, 1.54) is 20.7 Å². The van der Waals surface area contributed by atoms with Crippen molar-refractivity contribution in [3.8, 4) is 34.5 Å². The van der Waals surface area contributed by atoms with Gasteiger partial charge in [0.15, 0.2) is 28.8 Å². The molecule has 0 heterocycles. The number of hydrogen-bond acceptors (Lipinski definition) is 10. The number of fused-ring (bicyclic) bond motifs is 2. The average molecular weight is 1060 g/mol. The van der Waals surface area contributed by atoms with Crippen molar-refractivity contribution in [2.75, 3.05) is 42.7 Å². The third-order valence-corrected chi connectivity index (χ3v) is 24.6. The second-order valence-electron chi connectivity index (χ2n) is 20.6. The van der Waals surface area contributed by atoms with Crippen LogP contribution in [0.5, 0.6) is 34.5 Å². The SMILES string of the molecule is C.COc1cc2c(c(OC)c1OC)CC[C@H](O[Si](c1ccccc1)(c1ccccc1)C(C)(C)C)CC2=O.COc1cc2c(c(OC)c1OC)CC[C@H](O[Si](c1ccccc1)(c1ccccc1)C(C)(C)C)CC2O.[B].[H-].[Na+]. The molecule has 3 atom stereocenters. The van der Waals surface area contributed by atoms with Crippen molar-refractivity contribution < 1.29 is 78.2 Å². The Morgan fingerprint density at radius 1 is 0.507 bits per heavy atom. The first-order valence-electron chi connectivity index (χ1n) is 25.0. The number of Topliss-reactive ketones (excluding diaryl/α,β-unsaturated/α-hetero) is 1. The van der Waals surface area contributed by atoms with Crippen LogP contribution in [0.4, 0.5) is 0 Å². The van der Waals surface area contributed by atoms with Crippen LogP contribution in [0.25, 0.3) is 0 Å². The van der Waals surface area contributed by atoms with Crippen LogP contribution < -0.4 is 78.7 Å². The summed E-state index contributed by atoms with van der Waals surface area (Å²) in [4.78, 5) is 13.6. The van der Waals surface area contributed by atoms with Crippen LogP contribution in [0.15, 0.2) is 133 Å². The van der Waals surface area contributed by atoms with Crippen molar-refractivity contribution in [3.05, 3.63) is 156 Å². The molecule has 0 aromatic heterocycles. The zero-order valence-electron chi connectivity index (χ0n) is 46.9. The summed E-state index contributed by atoms with van der Waals surface area (Å²) in [6.07, 6.45) is 2.53. The van der Waals surface area contributed by atoms with Gasteiger partial charge in [-0.25, -0.2) is 0 Å². The van der Waals surface area contributed by atoms with Crippen molar-refractivity contribution in [1.82, 2.24) is 0 Å². The Bertz CT molecular complexity index is 2680. The summed E-state index contributed by atoms with van der Waals surface area (Å²) in [6.45, 7) is 13.6. The Kier molecular flexibility index (Phi) is 22.5. The summed E-state index contributed by atoms with van der Waals surface area (Å²) < 4.78 is 48.4. The molecule has 0 amide bonds. The van der Waals surface area contributed by atoms with Gasteiger partial charge in [0.1, 0.15) is 0 Å². The zero-order chi connectivity index (χ0) is 51.8. The largest absolute Gasteiger partial charge is 1.00 e. The average Bonchev–Trinajstić information content (AvgIpc) is 3.65. The summed E-state index contributed by atoms with van der Waals surface area (Å²) in [6, 6.07) is 46.0. The molecule has 1 N–H and O–H groups in total. The van der Waals surface area contributed by atoms with Gasteiger partial charge in [-0.2, -0.15) is 0 Å². The van der Waals surface area contributed by atoms with E-state index in [1.807, 2.05) is 18.2 Å². The third kappa shape index (κ3) is 12.6. The molecular weight excluding hydrogens is 983 g/mol. The van der Waals surface area contributed by atoms with E-state index in [9.17, 15) is 9.90 Å². The van der Waals surface area contributed by atoms with Gasteiger partial charge in [-0.1, -0.05) is 170 Å². The van der Waals surface area contributed by atoms with Crippen molar-refractivity contribution in [1.29, 1.82) is 0 Å². The van der Waals surface area contributed by atoms with Gasteiger partial charge in [-0.3, -0.25) is 4.79 Å². The van der Waals surface area contributed by atoms with Crippen molar-refractivity contribution in [2.45, 2.75) is 116 Å². The molecule has 0 saturated carbocycles. The first kappa shape index (κ1) is 62.7. The fraction of sp³-hybridized carbons (Fsp3) is 0.393. The number of aliphatic hydroxyl groups excluding tert-OH is 1. The van der Waals surface area contributed by atoms with E-state index in [2.05, 4.69) is 151 Å². The molecule has 14 heteroatoms. The molecule has 2 aliphatic carbocycles. The van der Waals surface area contributed by atoms with Crippen molar-refractivity contribution in [2.24, 2.45) is 0 Å². The Labute approximate surface area is 475 Å². The van der Waals surface area contributed by atoms with Gasteiger partial charge < -0.3 is 43.8 Å². The number of ketones is 1. The summed E-state index contributed by atoms with van der Waals surface area (Å²) in [5.41, 5.74) is 3.25. The van der Waals surface area contributed by atoms with Crippen LogP contribution in [-0.2, 0) is 21.7 Å². The smallest absolute Gasteiger partial charge is 1.00 e. The number of aliphatic hydroxyl groups is 1. The van der Waals surface area contributed by atoms with Crippen molar-refractivity contribution in [3.63, 3.8) is 0 Å². The predicted octanol–water partition coefficient (Wildman–Crippen LogP) is 7.58. The number of ether oxygens (including phenoxy) is 6. The maximum atomic E-state index is 13.6. The van der Waals surface area contributed by atoms with Gasteiger partial charge in [0, 0.05) is 44.0 Å². The van der Waals surface area contributed by atoms with E-state index < -0.39 is 22.7 Å². The van der Waals surface area contributed by atoms with Crippen molar-refractivity contribution >= 4 is 51.6 Å². The number of benzene rings is 6. The van der Waals surface area contributed by atoms with Gasteiger partial charge in [0.25, 0.3) is 16.6 Å². The maximum absolute atomic E-state index is 13.6. The van der Waals surface area contributed by atoms with E-state index in [1.54, 1.807) is 48.7 Å². The Hall–Kier alpha value is -4.83. The zero-order valence-corrected chi connectivity index (χ0v) is 49.9. The van der Waals surface area contributed by atoms with Crippen LogP contribution in [0.1, 0.15) is 109 Å². The number of methoxy groups -OCH3 is 6. The minimum atomic E-state index is -2.78. The van der Waals surface area contributed by atoms with Crippen LogP contribution in [0, 0.1) is 0 Å². The first-order chi connectivity index (χ1) is 34.5. The van der Waals surface area contributed by atoms with E-state index in [0.29, 0.717) is 72.2 Å². The van der Waals surface area contributed by atoms with Crippen LogP contribution in [0.2, 0.25) is 10.1 Å². The quantitative estimate of drug-likeness (QED) is 0.0867. The molecule has 3 radical (unpaired) electrons.